The molecule has 86 valence electrons. The summed E-state index contributed by atoms with van der Waals surface area (Å²) in [7, 11) is 0. The Balaban J connectivity index is 2.15. The molecule has 1 aromatic carbocycles. The first kappa shape index (κ1) is 11.9. The normalized spacial score (nSPS) is 16.9. The van der Waals surface area contributed by atoms with Crippen LogP contribution in [0.2, 0.25) is 5.02 Å². The smallest absolute Gasteiger partial charge is 0.253 e. The maximum absolute atomic E-state index is 12.8. The van der Waals surface area contributed by atoms with Crippen LogP contribution < -0.4 is 5.32 Å². The lowest BCUT2D eigenvalue weighted by atomic mass is 10.2. The van der Waals surface area contributed by atoms with Crippen LogP contribution in [0.3, 0.4) is 0 Å². The molecular weight excluding hydrogens is 296 g/mol. The number of hydrogen-bond acceptors (Lipinski definition) is 1. The van der Waals surface area contributed by atoms with Crippen LogP contribution in [0.25, 0.3) is 0 Å². The third kappa shape index (κ3) is 2.38. The van der Waals surface area contributed by atoms with Gasteiger partial charge in [-0.1, -0.05) is 27.5 Å². The average molecular weight is 307 g/mol. The van der Waals surface area contributed by atoms with Crippen LogP contribution in [0.15, 0.2) is 18.2 Å². The second kappa shape index (κ2) is 4.34. The molecule has 1 saturated carbocycles. The van der Waals surface area contributed by atoms with Crippen molar-refractivity contribution in [1.29, 1.82) is 0 Å². The Morgan fingerprint density at radius 1 is 1.56 bits per heavy atom. The molecule has 0 spiro atoms. The largest absolute Gasteiger partial charge is 0.346 e. The van der Waals surface area contributed by atoms with Crippen molar-refractivity contribution in [3.05, 3.63) is 34.6 Å². The van der Waals surface area contributed by atoms with Gasteiger partial charge in [0.05, 0.1) is 16.1 Å². The zero-order valence-corrected chi connectivity index (χ0v) is 10.7. The molecule has 1 N–H and O–H groups in total. The SMILES string of the molecule is O=C(NC1(CBr)CC1)c1ccc(F)cc1Cl. The molecule has 1 aromatic rings. The van der Waals surface area contributed by atoms with Gasteiger partial charge in [0.15, 0.2) is 0 Å². The minimum atomic E-state index is -0.442. The van der Waals surface area contributed by atoms with Crippen molar-refractivity contribution in [2.24, 2.45) is 0 Å². The molecule has 2 nitrogen and oxygen atoms in total. The standard InChI is InChI=1S/C11H10BrClFNO/c12-6-11(3-4-11)15-10(16)8-2-1-7(14)5-9(8)13/h1-2,5H,3-4,6H2,(H,15,16). The molecule has 1 fully saturated rings. The summed E-state index contributed by atoms with van der Waals surface area (Å²) < 4.78 is 12.8. The van der Waals surface area contributed by atoms with Crippen LogP contribution in [0, 0.1) is 5.82 Å². The van der Waals surface area contributed by atoms with E-state index in [2.05, 4.69) is 21.2 Å². The predicted octanol–water partition coefficient (Wildman–Crippen LogP) is 3.14. The zero-order chi connectivity index (χ0) is 11.8. The first-order valence-corrected chi connectivity index (χ1v) is 6.40. The van der Waals surface area contributed by atoms with Crippen molar-refractivity contribution >= 4 is 33.4 Å². The molecule has 5 heteroatoms. The predicted molar refractivity (Wildman–Crippen MR) is 64.6 cm³/mol. The summed E-state index contributed by atoms with van der Waals surface area (Å²) >= 11 is 9.16. The van der Waals surface area contributed by atoms with Crippen LogP contribution in [0.4, 0.5) is 4.39 Å². The van der Waals surface area contributed by atoms with Crippen molar-refractivity contribution in [1.82, 2.24) is 5.32 Å². The molecule has 0 unspecified atom stereocenters. The fourth-order valence-corrected chi connectivity index (χ4v) is 2.38. The summed E-state index contributed by atoms with van der Waals surface area (Å²) in [4.78, 5) is 11.9. The molecule has 0 radical (unpaired) electrons. The van der Waals surface area contributed by atoms with E-state index in [1.165, 1.54) is 12.1 Å². The Morgan fingerprint density at radius 3 is 2.75 bits per heavy atom. The molecule has 0 saturated heterocycles. The Bertz CT molecular complexity index is 434. The summed E-state index contributed by atoms with van der Waals surface area (Å²) in [6, 6.07) is 3.77. The van der Waals surface area contributed by atoms with Crippen molar-refractivity contribution in [3.63, 3.8) is 0 Å². The van der Waals surface area contributed by atoms with E-state index in [9.17, 15) is 9.18 Å². The molecule has 1 aliphatic carbocycles. The highest BCUT2D eigenvalue weighted by molar-refractivity contribution is 9.09. The Morgan fingerprint density at radius 2 is 2.25 bits per heavy atom. The summed E-state index contributed by atoms with van der Waals surface area (Å²) in [6.07, 6.45) is 1.92. The Kier molecular flexibility index (Phi) is 3.22. The first-order valence-electron chi connectivity index (χ1n) is 4.90. The number of nitrogens with one attached hydrogen (secondary N) is 1. The van der Waals surface area contributed by atoms with Gasteiger partial charge in [-0.15, -0.1) is 0 Å². The maximum Gasteiger partial charge on any atom is 0.253 e. The number of hydrogen-bond donors (Lipinski definition) is 1. The lowest BCUT2D eigenvalue weighted by molar-refractivity contribution is 0.0936. The fraction of sp³-hybridized carbons (Fsp3) is 0.364. The van der Waals surface area contributed by atoms with E-state index in [0.29, 0.717) is 5.56 Å². The van der Waals surface area contributed by atoms with Crippen LogP contribution in [-0.2, 0) is 0 Å². The summed E-state index contributed by atoms with van der Waals surface area (Å²) in [5.74, 6) is -0.690. The second-order valence-corrected chi connectivity index (χ2v) is 4.96. The molecule has 1 amide bonds. The monoisotopic (exact) mass is 305 g/mol. The van der Waals surface area contributed by atoms with E-state index in [0.717, 1.165) is 24.2 Å². The number of amides is 1. The van der Waals surface area contributed by atoms with E-state index in [1.54, 1.807) is 0 Å². The van der Waals surface area contributed by atoms with Gasteiger partial charge in [0.2, 0.25) is 0 Å². The van der Waals surface area contributed by atoms with E-state index >= 15 is 0 Å². The van der Waals surface area contributed by atoms with Gasteiger partial charge < -0.3 is 5.32 Å². The van der Waals surface area contributed by atoms with Gasteiger partial charge in [-0.2, -0.15) is 0 Å². The lowest BCUT2D eigenvalue weighted by Gasteiger charge is -2.14. The van der Waals surface area contributed by atoms with E-state index in [-0.39, 0.29) is 16.5 Å². The third-order valence-corrected chi connectivity index (χ3v) is 4.05. The van der Waals surface area contributed by atoms with Gasteiger partial charge in [0.1, 0.15) is 5.82 Å². The Labute approximate surface area is 106 Å². The van der Waals surface area contributed by atoms with Crippen LogP contribution in [-0.4, -0.2) is 16.8 Å². The van der Waals surface area contributed by atoms with Gasteiger partial charge in [-0.25, -0.2) is 4.39 Å². The third-order valence-electron chi connectivity index (χ3n) is 2.66. The van der Waals surface area contributed by atoms with Gasteiger partial charge in [-0.05, 0) is 31.0 Å². The number of rotatable bonds is 3. The highest BCUT2D eigenvalue weighted by Gasteiger charge is 2.43. The quantitative estimate of drug-likeness (QED) is 0.854. The number of carbonyl (C=O) groups is 1. The van der Waals surface area contributed by atoms with Gasteiger partial charge >= 0.3 is 0 Å². The minimum Gasteiger partial charge on any atom is -0.346 e. The molecule has 0 bridgehead atoms. The average Bonchev–Trinajstić information content (AvgIpc) is 2.98. The van der Waals surface area contributed by atoms with Crippen molar-refractivity contribution in [2.45, 2.75) is 18.4 Å². The topological polar surface area (TPSA) is 29.1 Å². The van der Waals surface area contributed by atoms with E-state index in [4.69, 9.17) is 11.6 Å². The minimum absolute atomic E-state index is 0.130. The van der Waals surface area contributed by atoms with Crippen LogP contribution >= 0.6 is 27.5 Å². The molecule has 16 heavy (non-hydrogen) atoms. The second-order valence-electron chi connectivity index (χ2n) is 3.99. The molecular formula is C11H10BrClFNO. The molecule has 0 aliphatic heterocycles. The molecule has 2 rings (SSSR count). The van der Waals surface area contributed by atoms with Crippen molar-refractivity contribution < 1.29 is 9.18 Å². The lowest BCUT2D eigenvalue weighted by Crippen LogP contribution is -2.38. The first-order chi connectivity index (χ1) is 7.56. The van der Waals surface area contributed by atoms with Gasteiger partial charge in [0.25, 0.3) is 5.91 Å². The van der Waals surface area contributed by atoms with Crippen LogP contribution in [0.1, 0.15) is 23.2 Å². The Hall–Kier alpha value is -0.610. The van der Waals surface area contributed by atoms with E-state index < -0.39 is 5.82 Å². The fourth-order valence-electron chi connectivity index (χ4n) is 1.42. The number of halogens is 3. The maximum atomic E-state index is 12.8. The summed E-state index contributed by atoms with van der Waals surface area (Å²) in [5, 5.41) is 3.77. The molecule has 0 heterocycles. The highest BCUT2D eigenvalue weighted by atomic mass is 79.9. The van der Waals surface area contributed by atoms with Crippen LogP contribution in [0.5, 0.6) is 0 Å². The van der Waals surface area contributed by atoms with Crippen molar-refractivity contribution in [3.8, 4) is 0 Å². The molecule has 0 atom stereocenters. The highest BCUT2D eigenvalue weighted by Crippen LogP contribution is 2.37. The number of alkyl halides is 1. The zero-order valence-electron chi connectivity index (χ0n) is 8.40. The van der Waals surface area contributed by atoms with E-state index in [1.807, 2.05) is 0 Å². The van der Waals surface area contributed by atoms with Gasteiger partial charge in [-0.3, -0.25) is 4.79 Å². The summed E-state index contributed by atoms with van der Waals surface area (Å²) in [6.45, 7) is 0. The molecule has 0 aromatic heterocycles. The summed E-state index contributed by atoms with van der Waals surface area (Å²) in [5.41, 5.74) is 0.185. The van der Waals surface area contributed by atoms with Crippen molar-refractivity contribution in [2.75, 3.05) is 5.33 Å². The number of carbonyl (C=O) groups excluding carboxylic acids is 1. The molecule has 1 aliphatic rings. The van der Waals surface area contributed by atoms with Gasteiger partial charge in [0, 0.05) is 5.33 Å². The number of benzene rings is 1.